The molecule has 2 aliphatic carbocycles. The minimum Gasteiger partial charge on any atom is -0.481 e. The second kappa shape index (κ2) is 10.1. The lowest BCUT2D eigenvalue weighted by Crippen LogP contribution is -2.55. The van der Waals surface area contributed by atoms with E-state index in [-0.39, 0.29) is 59.2 Å². The van der Waals surface area contributed by atoms with Crippen LogP contribution in [0.5, 0.6) is 5.88 Å². The van der Waals surface area contributed by atoms with Gasteiger partial charge in [-0.1, -0.05) is 0 Å². The second-order valence-corrected chi connectivity index (χ2v) is 11.1. The highest BCUT2D eigenvalue weighted by atomic mass is 19.4. The van der Waals surface area contributed by atoms with Crippen molar-refractivity contribution in [1.29, 1.82) is 0 Å². The van der Waals surface area contributed by atoms with Gasteiger partial charge in [-0.25, -0.2) is 9.37 Å². The van der Waals surface area contributed by atoms with Crippen molar-refractivity contribution in [3.05, 3.63) is 29.8 Å². The van der Waals surface area contributed by atoms with Crippen LogP contribution in [0.25, 0.3) is 11.3 Å². The molecule has 1 aliphatic heterocycles. The monoisotopic (exact) mass is 553 g/mol. The number of rotatable bonds is 5. The standard InChI is InChI=1S/C26H31F4N5O4/c1-39-21-10-17(18(27)14-31-21)19-11-20(34-33-19)23(37)35-8-6-24(7-9-35)12-15(13-24)22(36)32-16-2-4-25(38,5-3-16)26(28,29)30/h10-11,14-16,38H,2-9,12-13H2,1H3,(H,32,36)(H,33,34). The van der Waals surface area contributed by atoms with Crippen LogP contribution >= 0.6 is 0 Å². The van der Waals surface area contributed by atoms with Gasteiger partial charge < -0.3 is 20.1 Å². The number of likely N-dealkylation sites (tertiary alicyclic amines) is 1. The molecule has 9 nitrogen and oxygen atoms in total. The molecule has 0 atom stereocenters. The summed E-state index contributed by atoms with van der Waals surface area (Å²) in [6.07, 6.45) is -1.45. The van der Waals surface area contributed by atoms with Crippen LogP contribution in [0.3, 0.4) is 0 Å². The molecule has 1 saturated heterocycles. The minimum atomic E-state index is -4.66. The quantitative estimate of drug-likeness (QED) is 0.487. The fourth-order valence-corrected chi connectivity index (χ4v) is 6.07. The summed E-state index contributed by atoms with van der Waals surface area (Å²) >= 11 is 0. The van der Waals surface area contributed by atoms with Crippen molar-refractivity contribution < 1.29 is 37.0 Å². The summed E-state index contributed by atoms with van der Waals surface area (Å²) in [5.41, 5.74) is -2.00. The Balaban J connectivity index is 1.09. The summed E-state index contributed by atoms with van der Waals surface area (Å²) in [5.74, 6) is -0.954. The van der Waals surface area contributed by atoms with E-state index in [9.17, 15) is 32.3 Å². The Hall–Kier alpha value is -3.22. The van der Waals surface area contributed by atoms with Crippen LogP contribution in [-0.4, -0.2) is 75.0 Å². The van der Waals surface area contributed by atoms with E-state index < -0.39 is 30.4 Å². The number of H-pyrrole nitrogens is 1. The van der Waals surface area contributed by atoms with Crippen LogP contribution in [-0.2, 0) is 4.79 Å². The van der Waals surface area contributed by atoms with Gasteiger partial charge in [0.1, 0.15) is 0 Å². The summed E-state index contributed by atoms with van der Waals surface area (Å²) in [7, 11) is 1.42. The number of piperidine rings is 1. The van der Waals surface area contributed by atoms with E-state index in [2.05, 4.69) is 20.5 Å². The summed E-state index contributed by atoms with van der Waals surface area (Å²) in [4.78, 5) is 31.2. The number of hydrogen-bond donors (Lipinski definition) is 3. The highest BCUT2D eigenvalue weighted by molar-refractivity contribution is 5.93. The SMILES string of the molecule is COc1cc(-c2cc(C(=O)N3CCC4(CC3)CC(C(=O)NC3CCC(O)(C(F)(F)F)CC3)C4)n[nH]2)c(F)cn1. The zero-order valence-corrected chi connectivity index (χ0v) is 21.5. The molecule has 1 spiro atoms. The summed E-state index contributed by atoms with van der Waals surface area (Å²) < 4.78 is 58.3. The molecule has 0 unspecified atom stereocenters. The third-order valence-electron chi connectivity index (χ3n) is 8.65. The maximum atomic E-state index is 14.2. The highest BCUT2D eigenvalue weighted by Crippen LogP contribution is 2.53. The predicted octanol–water partition coefficient (Wildman–Crippen LogP) is 3.60. The molecule has 3 aliphatic rings. The van der Waals surface area contributed by atoms with E-state index in [0.717, 1.165) is 19.0 Å². The summed E-state index contributed by atoms with van der Waals surface area (Å²) in [6.45, 7) is 1.01. The maximum Gasteiger partial charge on any atom is 0.417 e. The zero-order valence-electron chi connectivity index (χ0n) is 21.5. The van der Waals surface area contributed by atoms with Gasteiger partial charge >= 0.3 is 6.18 Å². The fraction of sp³-hybridized carbons (Fsp3) is 0.615. The first-order valence-electron chi connectivity index (χ1n) is 13.1. The number of aliphatic hydroxyl groups is 1. The van der Waals surface area contributed by atoms with Crippen LogP contribution < -0.4 is 10.1 Å². The first-order valence-corrected chi connectivity index (χ1v) is 13.1. The molecule has 2 saturated carbocycles. The molecule has 5 rings (SSSR count). The number of aromatic nitrogens is 3. The molecule has 2 aromatic heterocycles. The molecule has 39 heavy (non-hydrogen) atoms. The normalized spacial score (nSPS) is 25.3. The Bertz CT molecular complexity index is 1230. The fourth-order valence-electron chi connectivity index (χ4n) is 6.07. The van der Waals surface area contributed by atoms with Gasteiger partial charge in [-0.2, -0.15) is 18.3 Å². The molecule has 3 N–H and O–H groups in total. The van der Waals surface area contributed by atoms with E-state index in [4.69, 9.17) is 4.74 Å². The Morgan fingerprint density at radius 3 is 2.44 bits per heavy atom. The molecule has 13 heteroatoms. The number of carbonyl (C=O) groups is 2. The third-order valence-corrected chi connectivity index (χ3v) is 8.65. The van der Waals surface area contributed by atoms with Gasteiger partial charge in [0.05, 0.1) is 19.0 Å². The number of aromatic amines is 1. The molecule has 0 aromatic carbocycles. The van der Waals surface area contributed by atoms with Gasteiger partial charge in [-0.3, -0.25) is 14.7 Å². The number of carbonyl (C=O) groups excluding carboxylic acids is 2. The lowest BCUT2D eigenvalue weighted by Gasteiger charge is -2.51. The average molecular weight is 554 g/mol. The van der Waals surface area contributed by atoms with Gasteiger partial charge in [0.2, 0.25) is 11.8 Å². The Kier molecular flexibility index (Phi) is 7.06. The van der Waals surface area contributed by atoms with Gasteiger partial charge in [0.15, 0.2) is 17.1 Å². The van der Waals surface area contributed by atoms with E-state index in [1.54, 1.807) is 4.90 Å². The van der Waals surface area contributed by atoms with Crippen LogP contribution in [0.15, 0.2) is 18.3 Å². The van der Waals surface area contributed by atoms with Crippen molar-refractivity contribution in [3.8, 4) is 17.1 Å². The number of alkyl halides is 3. The Morgan fingerprint density at radius 2 is 1.82 bits per heavy atom. The number of halogens is 4. The van der Waals surface area contributed by atoms with Crippen molar-refractivity contribution in [1.82, 2.24) is 25.4 Å². The number of nitrogens with zero attached hydrogens (tertiary/aromatic N) is 3. The predicted molar refractivity (Wildman–Crippen MR) is 130 cm³/mol. The number of pyridine rings is 1. The lowest BCUT2D eigenvalue weighted by atomic mass is 9.57. The van der Waals surface area contributed by atoms with E-state index in [1.807, 2.05) is 0 Å². The first kappa shape index (κ1) is 27.4. The summed E-state index contributed by atoms with van der Waals surface area (Å²) in [5, 5.41) is 19.5. The number of nitrogens with one attached hydrogen (secondary N) is 2. The van der Waals surface area contributed by atoms with Crippen molar-refractivity contribution in [2.45, 2.75) is 69.2 Å². The smallest absolute Gasteiger partial charge is 0.417 e. The van der Waals surface area contributed by atoms with Crippen molar-refractivity contribution in [3.63, 3.8) is 0 Å². The minimum absolute atomic E-state index is 0.0324. The molecule has 3 heterocycles. The molecular formula is C26H31F4N5O4. The number of ether oxygens (including phenoxy) is 1. The largest absolute Gasteiger partial charge is 0.481 e. The third kappa shape index (κ3) is 5.32. The molecule has 0 radical (unpaired) electrons. The summed E-state index contributed by atoms with van der Waals surface area (Å²) in [6, 6.07) is 2.55. The molecule has 2 aromatic rings. The van der Waals surface area contributed by atoms with Crippen molar-refractivity contribution in [2.24, 2.45) is 11.3 Å². The molecule has 2 amide bonds. The number of amides is 2. The van der Waals surface area contributed by atoms with Gasteiger partial charge in [0.25, 0.3) is 5.91 Å². The highest BCUT2D eigenvalue weighted by Gasteiger charge is 2.55. The van der Waals surface area contributed by atoms with Crippen molar-refractivity contribution >= 4 is 11.8 Å². The van der Waals surface area contributed by atoms with E-state index >= 15 is 0 Å². The Labute approximate surface area is 222 Å². The van der Waals surface area contributed by atoms with E-state index in [0.29, 0.717) is 31.6 Å². The van der Waals surface area contributed by atoms with E-state index in [1.165, 1.54) is 19.2 Å². The van der Waals surface area contributed by atoms with Gasteiger partial charge in [-0.05, 0) is 62.8 Å². The Morgan fingerprint density at radius 1 is 1.15 bits per heavy atom. The second-order valence-electron chi connectivity index (χ2n) is 11.1. The molecule has 0 bridgehead atoms. The number of methoxy groups -OCH3 is 1. The topological polar surface area (TPSA) is 120 Å². The van der Waals surface area contributed by atoms with Crippen LogP contribution in [0.4, 0.5) is 17.6 Å². The van der Waals surface area contributed by atoms with Crippen LogP contribution in [0.1, 0.15) is 61.9 Å². The lowest BCUT2D eigenvalue weighted by molar-refractivity contribution is -0.270. The molecule has 212 valence electrons. The number of hydrogen-bond acceptors (Lipinski definition) is 6. The molecule has 3 fully saturated rings. The van der Waals surface area contributed by atoms with Crippen LogP contribution in [0.2, 0.25) is 0 Å². The zero-order chi connectivity index (χ0) is 28.0. The van der Waals surface area contributed by atoms with Crippen molar-refractivity contribution in [2.75, 3.05) is 20.2 Å². The average Bonchev–Trinajstić information content (AvgIpc) is 3.38. The first-order chi connectivity index (χ1) is 18.4. The van der Waals surface area contributed by atoms with Gasteiger partial charge in [-0.15, -0.1) is 0 Å². The van der Waals surface area contributed by atoms with Crippen LogP contribution in [0, 0.1) is 17.2 Å². The van der Waals surface area contributed by atoms with Gasteiger partial charge in [0, 0.05) is 36.7 Å². The molecular weight excluding hydrogens is 522 g/mol. The maximum absolute atomic E-state index is 14.2.